The lowest BCUT2D eigenvalue weighted by atomic mass is 10.0. The molecule has 3 atom stereocenters. The Morgan fingerprint density at radius 1 is 0.448 bits per heavy atom. The first kappa shape index (κ1) is 56.6. The highest BCUT2D eigenvalue weighted by atomic mass is 16.3. The second kappa shape index (κ2) is 48.2. The highest BCUT2D eigenvalue weighted by Crippen LogP contribution is 2.16. The van der Waals surface area contributed by atoms with Gasteiger partial charge in [0.25, 0.3) is 0 Å². The van der Waals surface area contributed by atoms with Crippen molar-refractivity contribution in [2.75, 3.05) is 6.61 Å². The van der Waals surface area contributed by atoms with Crippen molar-refractivity contribution in [2.24, 2.45) is 0 Å². The number of aliphatic hydroxyl groups is 3. The number of amides is 1. The predicted molar refractivity (Wildman–Crippen MR) is 254 cm³/mol. The molecule has 0 bridgehead atoms. The third-order valence-corrected chi connectivity index (χ3v) is 11.9. The second-order valence-electron chi connectivity index (χ2n) is 17.8. The molecule has 5 heteroatoms. The fourth-order valence-electron chi connectivity index (χ4n) is 7.96. The van der Waals surface area contributed by atoms with Crippen molar-refractivity contribution in [3.8, 4) is 0 Å². The maximum absolute atomic E-state index is 12.5. The topological polar surface area (TPSA) is 89.8 Å². The van der Waals surface area contributed by atoms with E-state index in [1.54, 1.807) is 6.08 Å². The molecule has 0 aliphatic carbocycles. The molecule has 0 saturated carbocycles. The number of nitrogens with one attached hydrogen (secondary N) is 1. The number of hydrogen-bond donors (Lipinski definition) is 4. The van der Waals surface area contributed by atoms with E-state index in [1.165, 1.54) is 212 Å². The van der Waals surface area contributed by atoms with Gasteiger partial charge in [-0.15, -0.1) is 0 Å². The first-order valence-corrected chi connectivity index (χ1v) is 25.8. The van der Waals surface area contributed by atoms with E-state index in [1.807, 2.05) is 6.08 Å². The molecule has 0 radical (unpaired) electrons. The van der Waals surface area contributed by atoms with Gasteiger partial charge in [0.1, 0.15) is 0 Å². The maximum Gasteiger partial charge on any atom is 0.222 e. The molecule has 5 nitrogen and oxygen atoms in total. The van der Waals surface area contributed by atoms with Crippen LogP contribution in [-0.4, -0.2) is 46.1 Å². The second-order valence-corrected chi connectivity index (χ2v) is 17.8. The maximum atomic E-state index is 12.5. The Morgan fingerprint density at radius 2 is 0.776 bits per heavy atom. The van der Waals surface area contributed by atoms with Crippen LogP contribution >= 0.6 is 0 Å². The highest BCUT2D eigenvalue weighted by Gasteiger charge is 2.20. The molecule has 3 unspecified atom stereocenters. The van der Waals surface area contributed by atoms with Gasteiger partial charge >= 0.3 is 0 Å². The van der Waals surface area contributed by atoms with Gasteiger partial charge in [-0.25, -0.2) is 0 Å². The van der Waals surface area contributed by atoms with Crippen LogP contribution in [-0.2, 0) is 4.79 Å². The summed E-state index contributed by atoms with van der Waals surface area (Å²) in [5.74, 6) is -0.315. The van der Waals surface area contributed by atoms with Crippen molar-refractivity contribution in [3.63, 3.8) is 0 Å². The van der Waals surface area contributed by atoms with Crippen LogP contribution in [0.15, 0.2) is 36.5 Å². The van der Waals surface area contributed by atoms with E-state index in [-0.39, 0.29) is 18.9 Å². The zero-order valence-electron chi connectivity index (χ0n) is 38.9. The summed E-state index contributed by atoms with van der Waals surface area (Å²) in [5.41, 5.74) is 0. The summed E-state index contributed by atoms with van der Waals surface area (Å²) in [7, 11) is 0. The van der Waals surface area contributed by atoms with Gasteiger partial charge in [0.05, 0.1) is 31.3 Å². The monoisotopic (exact) mass is 816 g/mol. The molecule has 0 aromatic rings. The number of hydrogen-bond acceptors (Lipinski definition) is 4. The molecule has 0 heterocycles. The fraction of sp³-hybridized carbons (Fsp3) is 0.868. The number of carbonyl (C=O) groups is 1. The van der Waals surface area contributed by atoms with Crippen LogP contribution in [0.25, 0.3) is 0 Å². The normalized spacial score (nSPS) is 13.7. The standard InChI is InChI=1S/C53H101NO4/c1-3-5-7-9-11-13-15-17-19-21-22-23-24-25-26-27-28-29-30-31-32-34-36-38-40-42-44-46-50(56)48-53(58)54-51(49-55)52(57)47-45-43-41-39-37-35-33-20-18-16-14-12-10-8-6-4-2/h22-23,25-26,45,47,50-52,55-57H,3-21,24,27-44,46,48-49H2,1-2H3,(H,54,58)/b23-22-,26-25-,47-45+. The summed E-state index contributed by atoms with van der Waals surface area (Å²) < 4.78 is 0. The molecule has 58 heavy (non-hydrogen) atoms. The summed E-state index contributed by atoms with van der Waals surface area (Å²) >= 11 is 0. The molecule has 0 saturated heterocycles. The van der Waals surface area contributed by atoms with Crippen molar-refractivity contribution in [2.45, 2.75) is 289 Å². The Balaban J connectivity index is 3.59. The van der Waals surface area contributed by atoms with Crippen LogP contribution in [0.4, 0.5) is 0 Å². The molecular weight excluding hydrogens is 715 g/mol. The average molecular weight is 816 g/mol. The van der Waals surface area contributed by atoms with Crippen LogP contribution in [0.1, 0.15) is 271 Å². The van der Waals surface area contributed by atoms with Gasteiger partial charge in [-0.3, -0.25) is 4.79 Å². The van der Waals surface area contributed by atoms with Gasteiger partial charge in [0, 0.05) is 0 Å². The lowest BCUT2D eigenvalue weighted by Crippen LogP contribution is -2.45. The minimum absolute atomic E-state index is 0.0130. The number of aliphatic hydroxyl groups excluding tert-OH is 3. The van der Waals surface area contributed by atoms with Crippen LogP contribution in [0, 0.1) is 0 Å². The Bertz CT molecular complexity index is 901. The molecule has 0 aromatic heterocycles. The summed E-state index contributed by atoms with van der Waals surface area (Å²) in [4.78, 5) is 12.5. The van der Waals surface area contributed by atoms with E-state index < -0.39 is 18.2 Å². The van der Waals surface area contributed by atoms with Gasteiger partial charge in [-0.05, 0) is 51.4 Å². The van der Waals surface area contributed by atoms with E-state index in [0.717, 1.165) is 32.1 Å². The molecule has 0 aliphatic rings. The molecule has 342 valence electrons. The van der Waals surface area contributed by atoms with Gasteiger partial charge in [0.2, 0.25) is 5.91 Å². The third-order valence-electron chi connectivity index (χ3n) is 11.9. The van der Waals surface area contributed by atoms with Gasteiger partial charge in [-0.1, -0.05) is 249 Å². The zero-order valence-corrected chi connectivity index (χ0v) is 38.9. The highest BCUT2D eigenvalue weighted by molar-refractivity contribution is 5.76. The molecule has 0 spiro atoms. The lowest BCUT2D eigenvalue weighted by molar-refractivity contribution is -0.124. The predicted octanol–water partition coefficient (Wildman–Crippen LogP) is 15.5. The van der Waals surface area contributed by atoms with Gasteiger partial charge in [0.15, 0.2) is 0 Å². The number of allylic oxidation sites excluding steroid dienone is 5. The first-order chi connectivity index (χ1) is 28.5. The van der Waals surface area contributed by atoms with Crippen LogP contribution in [0.3, 0.4) is 0 Å². The smallest absolute Gasteiger partial charge is 0.222 e. The minimum atomic E-state index is -0.929. The van der Waals surface area contributed by atoms with Gasteiger partial charge in [-0.2, -0.15) is 0 Å². The van der Waals surface area contributed by atoms with Crippen molar-refractivity contribution in [1.82, 2.24) is 5.32 Å². The van der Waals surface area contributed by atoms with E-state index in [2.05, 4.69) is 43.5 Å². The van der Waals surface area contributed by atoms with E-state index in [0.29, 0.717) is 6.42 Å². The van der Waals surface area contributed by atoms with Crippen LogP contribution in [0.5, 0.6) is 0 Å². The van der Waals surface area contributed by atoms with Crippen molar-refractivity contribution < 1.29 is 20.1 Å². The Kier molecular flexibility index (Phi) is 47.0. The fourth-order valence-corrected chi connectivity index (χ4v) is 7.96. The van der Waals surface area contributed by atoms with Crippen LogP contribution in [0.2, 0.25) is 0 Å². The largest absolute Gasteiger partial charge is 0.394 e. The lowest BCUT2D eigenvalue weighted by Gasteiger charge is -2.21. The molecular formula is C53H101NO4. The van der Waals surface area contributed by atoms with E-state index in [4.69, 9.17) is 0 Å². The minimum Gasteiger partial charge on any atom is -0.394 e. The molecule has 0 aliphatic heterocycles. The molecule has 0 aromatic carbocycles. The summed E-state index contributed by atoms with van der Waals surface area (Å²) in [6, 6.07) is -0.744. The Hall–Kier alpha value is -1.43. The average Bonchev–Trinajstić information content (AvgIpc) is 3.22. The Morgan fingerprint density at radius 3 is 1.14 bits per heavy atom. The van der Waals surface area contributed by atoms with Crippen molar-refractivity contribution in [1.29, 1.82) is 0 Å². The van der Waals surface area contributed by atoms with Crippen molar-refractivity contribution >= 4 is 5.91 Å². The summed E-state index contributed by atoms with van der Waals surface area (Å²) in [6.07, 6.45) is 61.7. The zero-order chi connectivity index (χ0) is 42.3. The van der Waals surface area contributed by atoms with Crippen molar-refractivity contribution in [3.05, 3.63) is 36.5 Å². The molecule has 1 amide bonds. The first-order valence-electron chi connectivity index (χ1n) is 25.8. The van der Waals surface area contributed by atoms with Crippen LogP contribution < -0.4 is 5.32 Å². The number of unbranched alkanes of at least 4 members (excludes halogenated alkanes) is 34. The third kappa shape index (κ3) is 44.1. The van der Waals surface area contributed by atoms with E-state index >= 15 is 0 Å². The molecule has 4 N–H and O–H groups in total. The van der Waals surface area contributed by atoms with E-state index in [9.17, 15) is 20.1 Å². The number of rotatable bonds is 47. The molecule has 0 fully saturated rings. The quantitative estimate of drug-likeness (QED) is 0.0364. The van der Waals surface area contributed by atoms with Gasteiger partial charge < -0.3 is 20.6 Å². The molecule has 0 rings (SSSR count). The SMILES string of the molecule is CCCCCCCCCCC/C=C\C/C=C\CCCCCCCCCCCCCC(O)CC(=O)NC(CO)C(O)/C=C/CCCCCCCCCCCCCCCC. The summed E-state index contributed by atoms with van der Waals surface area (Å²) in [5, 5.41) is 33.4. The summed E-state index contributed by atoms with van der Waals surface area (Å²) in [6.45, 7) is 4.23. The Labute approximate surface area is 362 Å². The number of carbonyl (C=O) groups excluding carboxylic acids is 1.